The minimum atomic E-state index is -4.22. The molecule has 0 amide bonds. The van der Waals surface area contributed by atoms with Gasteiger partial charge >= 0.3 is 6.18 Å². The summed E-state index contributed by atoms with van der Waals surface area (Å²) in [4.78, 5) is 0. The molecule has 0 radical (unpaired) electrons. The Kier molecular flexibility index (Phi) is 8.55. The van der Waals surface area contributed by atoms with Crippen LogP contribution in [0.15, 0.2) is 0 Å². The molecule has 6 heteroatoms. The molecule has 0 aliphatic heterocycles. The molecule has 1 unspecified atom stereocenters. The quantitative estimate of drug-likeness (QED) is 0.618. The average Bonchev–Trinajstić information content (AvgIpc) is 2.18. The van der Waals surface area contributed by atoms with Gasteiger partial charge in [0.15, 0.2) is 0 Å². The Hall–Kier alpha value is -0.330. The van der Waals surface area contributed by atoms with Crippen LogP contribution in [0, 0.1) is 0 Å². The van der Waals surface area contributed by atoms with Gasteiger partial charge in [0.25, 0.3) is 0 Å². The minimum absolute atomic E-state index is 0.136. The first-order chi connectivity index (χ1) is 7.81. The molecule has 0 spiro atoms. The second-order valence-corrected chi connectivity index (χ2v) is 4.44. The zero-order chi connectivity index (χ0) is 13.3. The minimum Gasteiger partial charge on any atom is -0.372 e. The van der Waals surface area contributed by atoms with Gasteiger partial charge in [-0.2, -0.15) is 13.2 Å². The fourth-order valence-corrected chi connectivity index (χ4v) is 1.20. The Balaban J connectivity index is 3.28. The van der Waals surface area contributed by atoms with Crippen molar-refractivity contribution in [3.63, 3.8) is 0 Å². The lowest BCUT2D eigenvalue weighted by Gasteiger charge is -2.16. The highest BCUT2D eigenvalue weighted by molar-refractivity contribution is 4.65. The van der Waals surface area contributed by atoms with Gasteiger partial charge in [-0.15, -0.1) is 0 Å². The van der Waals surface area contributed by atoms with E-state index in [1.165, 1.54) is 0 Å². The SMILES string of the molecule is CC(C)NCC(C)NCCCOCC(F)(F)F. The van der Waals surface area contributed by atoms with E-state index in [1.807, 2.05) is 6.92 Å². The predicted molar refractivity (Wildman–Crippen MR) is 62.1 cm³/mol. The van der Waals surface area contributed by atoms with Gasteiger partial charge in [-0.3, -0.25) is 0 Å². The zero-order valence-corrected chi connectivity index (χ0v) is 10.7. The number of halogens is 3. The van der Waals surface area contributed by atoms with Crippen LogP contribution in [-0.2, 0) is 4.74 Å². The van der Waals surface area contributed by atoms with Gasteiger partial charge in [-0.05, 0) is 19.9 Å². The molecule has 17 heavy (non-hydrogen) atoms. The summed E-state index contributed by atoms with van der Waals surface area (Å²) in [6, 6.07) is 0.745. The average molecular weight is 256 g/mol. The van der Waals surface area contributed by atoms with Gasteiger partial charge in [0, 0.05) is 25.2 Å². The van der Waals surface area contributed by atoms with E-state index in [9.17, 15) is 13.2 Å². The fraction of sp³-hybridized carbons (Fsp3) is 1.00. The summed E-state index contributed by atoms with van der Waals surface area (Å²) in [7, 11) is 0. The van der Waals surface area contributed by atoms with Crippen LogP contribution < -0.4 is 10.6 Å². The van der Waals surface area contributed by atoms with E-state index in [4.69, 9.17) is 0 Å². The maximum absolute atomic E-state index is 11.7. The van der Waals surface area contributed by atoms with Crippen LogP contribution in [0.2, 0.25) is 0 Å². The first-order valence-electron chi connectivity index (χ1n) is 5.92. The van der Waals surface area contributed by atoms with Gasteiger partial charge in [0.05, 0.1) is 0 Å². The maximum atomic E-state index is 11.7. The largest absolute Gasteiger partial charge is 0.411 e. The first kappa shape index (κ1) is 16.7. The summed E-state index contributed by atoms with van der Waals surface area (Å²) in [6.45, 7) is 6.66. The van der Waals surface area contributed by atoms with Gasteiger partial charge in [0.2, 0.25) is 0 Å². The van der Waals surface area contributed by atoms with Crippen molar-refractivity contribution in [2.75, 3.05) is 26.3 Å². The van der Waals surface area contributed by atoms with E-state index in [-0.39, 0.29) is 6.61 Å². The van der Waals surface area contributed by atoms with Crippen molar-refractivity contribution in [1.82, 2.24) is 10.6 Å². The molecule has 0 heterocycles. The molecule has 104 valence electrons. The number of hydrogen-bond acceptors (Lipinski definition) is 3. The van der Waals surface area contributed by atoms with Crippen LogP contribution in [0.5, 0.6) is 0 Å². The van der Waals surface area contributed by atoms with Crippen molar-refractivity contribution in [2.24, 2.45) is 0 Å². The van der Waals surface area contributed by atoms with Crippen molar-refractivity contribution in [3.8, 4) is 0 Å². The number of nitrogens with one attached hydrogen (secondary N) is 2. The summed E-state index contributed by atoms with van der Waals surface area (Å²) in [5, 5.41) is 6.49. The fourth-order valence-electron chi connectivity index (χ4n) is 1.20. The monoisotopic (exact) mass is 256 g/mol. The first-order valence-corrected chi connectivity index (χ1v) is 5.92. The lowest BCUT2D eigenvalue weighted by molar-refractivity contribution is -0.173. The molecular formula is C11H23F3N2O. The standard InChI is InChI=1S/C11H23F3N2O/c1-9(2)16-7-10(3)15-5-4-6-17-8-11(12,13)14/h9-10,15-16H,4-8H2,1-3H3. The lowest BCUT2D eigenvalue weighted by Crippen LogP contribution is -2.39. The highest BCUT2D eigenvalue weighted by Gasteiger charge is 2.27. The highest BCUT2D eigenvalue weighted by atomic mass is 19.4. The zero-order valence-electron chi connectivity index (χ0n) is 10.7. The summed E-state index contributed by atoms with van der Waals surface area (Å²) < 4.78 is 39.7. The summed E-state index contributed by atoms with van der Waals surface area (Å²) in [5.41, 5.74) is 0. The van der Waals surface area contributed by atoms with E-state index >= 15 is 0 Å². The molecule has 0 aliphatic carbocycles. The molecule has 2 N–H and O–H groups in total. The van der Waals surface area contributed by atoms with Crippen LogP contribution >= 0.6 is 0 Å². The highest BCUT2D eigenvalue weighted by Crippen LogP contribution is 2.14. The van der Waals surface area contributed by atoms with Crippen molar-refractivity contribution in [3.05, 3.63) is 0 Å². The number of hydrogen-bond donors (Lipinski definition) is 2. The Labute approximate surface area is 101 Å². The Morgan fingerprint density at radius 3 is 2.29 bits per heavy atom. The van der Waals surface area contributed by atoms with Gasteiger partial charge in [-0.25, -0.2) is 0 Å². The van der Waals surface area contributed by atoms with Gasteiger partial charge in [0.1, 0.15) is 6.61 Å². The maximum Gasteiger partial charge on any atom is 0.411 e. The van der Waals surface area contributed by atoms with E-state index in [0.29, 0.717) is 25.0 Å². The van der Waals surface area contributed by atoms with Gasteiger partial charge < -0.3 is 15.4 Å². The molecule has 0 aliphatic rings. The third-order valence-electron chi connectivity index (χ3n) is 2.06. The topological polar surface area (TPSA) is 33.3 Å². The third-order valence-corrected chi connectivity index (χ3v) is 2.06. The molecule has 0 aromatic carbocycles. The summed E-state index contributed by atoms with van der Waals surface area (Å²) in [5.74, 6) is 0. The molecule has 0 rings (SSSR count). The molecule has 1 atom stereocenters. The molecule has 0 aromatic rings. The van der Waals surface area contributed by atoms with Crippen LogP contribution in [0.3, 0.4) is 0 Å². The number of ether oxygens (including phenoxy) is 1. The van der Waals surface area contributed by atoms with Gasteiger partial charge in [-0.1, -0.05) is 13.8 Å². The lowest BCUT2D eigenvalue weighted by atomic mass is 10.3. The van der Waals surface area contributed by atoms with E-state index < -0.39 is 12.8 Å². The van der Waals surface area contributed by atoms with Crippen LogP contribution in [0.4, 0.5) is 13.2 Å². The van der Waals surface area contributed by atoms with Crippen molar-refractivity contribution >= 4 is 0 Å². The predicted octanol–water partition coefficient (Wildman–Crippen LogP) is 1.93. The second kappa shape index (κ2) is 8.72. The van der Waals surface area contributed by atoms with Crippen molar-refractivity contribution < 1.29 is 17.9 Å². The number of rotatable bonds is 9. The van der Waals surface area contributed by atoms with Crippen LogP contribution in [-0.4, -0.2) is 44.6 Å². The molecule has 0 bridgehead atoms. The van der Waals surface area contributed by atoms with E-state index in [2.05, 4.69) is 29.2 Å². The van der Waals surface area contributed by atoms with Crippen LogP contribution in [0.1, 0.15) is 27.2 Å². The molecule has 3 nitrogen and oxygen atoms in total. The smallest absolute Gasteiger partial charge is 0.372 e. The Morgan fingerprint density at radius 1 is 1.12 bits per heavy atom. The van der Waals surface area contributed by atoms with Crippen molar-refractivity contribution in [2.45, 2.75) is 45.5 Å². The second-order valence-electron chi connectivity index (χ2n) is 4.44. The molecule has 0 aromatic heterocycles. The molecule has 0 saturated heterocycles. The normalized spacial score (nSPS) is 14.3. The number of alkyl halides is 3. The summed E-state index contributed by atoms with van der Waals surface area (Å²) >= 11 is 0. The van der Waals surface area contributed by atoms with Crippen molar-refractivity contribution in [1.29, 1.82) is 0 Å². The Bertz CT molecular complexity index is 186. The third kappa shape index (κ3) is 13.6. The van der Waals surface area contributed by atoms with Crippen LogP contribution in [0.25, 0.3) is 0 Å². The molecular weight excluding hydrogens is 233 g/mol. The Morgan fingerprint density at radius 2 is 1.76 bits per heavy atom. The molecule has 0 saturated carbocycles. The van der Waals surface area contributed by atoms with E-state index in [1.54, 1.807) is 0 Å². The van der Waals surface area contributed by atoms with E-state index in [0.717, 1.165) is 6.54 Å². The molecule has 0 fully saturated rings. The summed E-state index contributed by atoms with van der Waals surface area (Å²) in [6.07, 6.45) is -3.63.